The first-order chi connectivity index (χ1) is 12.1. The maximum absolute atomic E-state index is 12.6. The standard InChI is InChI=1S/C18H23NO5S/c1-23-17(21)11-8-9-12-13(11)14(18(22)24-2)16(25-12)19-15(20)10-6-4-3-5-7-10/h10-11H,3-9H2,1-2H3,(H,19,20)/t11-/m1/s1. The first-order valence-corrected chi connectivity index (χ1v) is 9.51. The van der Waals surface area contributed by atoms with Crippen LogP contribution in [-0.2, 0) is 25.5 Å². The predicted octanol–water partition coefficient (Wildman–Crippen LogP) is 3.26. The first-order valence-electron chi connectivity index (χ1n) is 8.69. The Bertz CT molecular complexity index is 690. The molecule has 1 amide bonds. The van der Waals surface area contributed by atoms with Crippen molar-refractivity contribution in [3.63, 3.8) is 0 Å². The van der Waals surface area contributed by atoms with Crippen LogP contribution < -0.4 is 5.32 Å². The van der Waals surface area contributed by atoms with Crippen LogP contribution in [0.25, 0.3) is 0 Å². The fraction of sp³-hybridized carbons (Fsp3) is 0.611. The number of carbonyl (C=O) groups is 3. The first kappa shape index (κ1) is 17.9. The lowest BCUT2D eigenvalue weighted by atomic mass is 9.88. The fourth-order valence-corrected chi connectivity index (χ4v) is 5.08. The number of rotatable bonds is 4. The topological polar surface area (TPSA) is 81.7 Å². The number of ether oxygens (including phenoxy) is 2. The SMILES string of the molecule is COC(=O)c1c(NC(=O)C2CCCCC2)sc2c1[C@H](C(=O)OC)CC2. The Morgan fingerprint density at radius 1 is 1.04 bits per heavy atom. The number of esters is 2. The largest absolute Gasteiger partial charge is 0.469 e. The summed E-state index contributed by atoms with van der Waals surface area (Å²) >= 11 is 1.38. The molecule has 3 rings (SSSR count). The minimum Gasteiger partial charge on any atom is -0.469 e. The van der Waals surface area contributed by atoms with Crippen molar-refractivity contribution in [2.24, 2.45) is 5.92 Å². The second kappa shape index (κ2) is 7.56. The molecule has 136 valence electrons. The van der Waals surface area contributed by atoms with Gasteiger partial charge in [-0.2, -0.15) is 0 Å². The van der Waals surface area contributed by atoms with Crippen LogP contribution in [0.4, 0.5) is 5.00 Å². The number of methoxy groups -OCH3 is 2. The summed E-state index contributed by atoms with van der Waals surface area (Å²) in [4.78, 5) is 37.9. The lowest BCUT2D eigenvalue weighted by Crippen LogP contribution is -2.25. The molecule has 0 aromatic carbocycles. The number of nitrogens with one attached hydrogen (secondary N) is 1. The van der Waals surface area contributed by atoms with Gasteiger partial charge in [0.15, 0.2) is 0 Å². The second-order valence-electron chi connectivity index (χ2n) is 6.57. The van der Waals surface area contributed by atoms with Crippen molar-refractivity contribution in [1.29, 1.82) is 0 Å². The van der Waals surface area contributed by atoms with Crippen LogP contribution in [0.1, 0.15) is 65.2 Å². The molecule has 7 heteroatoms. The van der Waals surface area contributed by atoms with E-state index in [1.54, 1.807) is 0 Å². The van der Waals surface area contributed by atoms with Gasteiger partial charge in [0.1, 0.15) is 5.00 Å². The molecule has 1 saturated carbocycles. The van der Waals surface area contributed by atoms with E-state index in [9.17, 15) is 14.4 Å². The fourth-order valence-electron chi connectivity index (χ4n) is 3.81. The molecule has 2 aliphatic rings. The molecule has 1 aromatic rings. The summed E-state index contributed by atoms with van der Waals surface area (Å²) in [6.45, 7) is 0. The molecular weight excluding hydrogens is 342 g/mol. The highest BCUT2D eigenvalue weighted by atomic mass is 32.1. The third kappa shape index (κ3) is 3.42. The Hall–Kier alpha value is -1.89. The molecule has 0 unspecified atom stereocenters. The number of amides is 1. The average molecular weight is 365 g/mol. The lowest BCUT2D eigenvalue weighted by Gasteiger charge is -2.20. The van der Waals surface area contributed by atoms with Crippen LogP contribution in [-0.4, -0.2) is 32.1 Å². The van der Waals surface area contributed by atoms with E-state index in [0.717, 1.165) is 30.6 Å². The van der Waals surface area contributed by atoms with E-state index in [-0.39, 0.29) is 17.8 Å². The van der Waals surface area contributed by atoms with Gasteiger partial charge in [-0.05, 0) is 31.2 Å². The van der Waals surface area contributed by atoms with Gasteiger partial charge in [-0.15, -0.1) is 11.3 Å². The number of thiophene rings is 1. The zero-order valence-electron chi connectivity index (χ0n) is 14.6. The van der Waals surface area contributed by atoms with Crippen LogP contribution in [0.2, 0.25) is 0 Å². The van der Waals surface area contributed by atoms with Crippen molar-refractivity contribution < 1.29 is 23.9 Å². The lowest BCUT2D eigenvalue weighted by molar-refractivity contribution is -0.142. The van der Waals surface area contributed by atoms with E-state index in [1.807, 2.05) is 0 Å². The summed E-state index contributed by atoms with van der Waals surface area (Å²) < 4.78 is 9.78. The number of hydrogen-bond acceptors (Lipinski definition) is 6. The molecule has 1 atom stereocenters. The minimum atomic E-state index is -0.521. The molecule has 1 heterocycles. The molecule has 0 radical (unpaired) electrons. The highest BCUT2D eigenvalue weighted by Crippen LogP contribution is 2.46. The van der Waals surface area contributed by atoms with Crippen LogP contribution >= 0.6 is 11.3 Å². The number of hydrogen-bond donors (Lipinski definition) is 1. The van der Waals surface area contributed by atoms with Crippen LogP contribution in [0.3, 0.4) is 0 Å². The van der Waals surface area contributed by atoms with Gasteiger partial charge in [-0.25, -0.2) is 4.79 Å². The highest BCUT2D eigenvalue weighted by Gasteiger charge is 2.38. The van der Waals surface area contributed by atoms with E-state index in [4.69, 9.17) is 9.47 Å². The Morgan fingerprint density at radius 2 is 1.76 bits per heavy atom. The molecule has 0 aliphatic heterocycles. The zero-order chi connectivity index (χ0) is 18.0. The molecular formula is C18H23NO5S. The van der Waals surface area contributed by atoms with Gasteiger partial charge in [0, 0.05) is 10.8 Å². The minimum absolute atomic E-state index is 0.00686. The summed E-state index contributed by atoms with van der Waals surface area (Å²) in [5.41, 5.74) is 0.988. The smallest absolute Gasteiger partial charge is 0.341 e. The normalized spacial score (nSPS) is 20.0. The van der Waals surface area contributed by atoms with Crippen molar-refractivity contribution in [2.45, 2.75) is 50.9 Å². The van der Waals surface area contributed by atoms with E-state index in [2.05, 4.69) is 5.32 Å². The molecule has 6 nitrogen and oxygen atoms in total. The van der Waals surface area contributed by atoms with Crippen molar-refractivity contribution in [3.8, 4) is 0 Å². The Morgan fingerprint density at radius 3 is 2.40 bits per heavy atom. The Kier molecular flexibility index (Phi) is 5.42. The summed E-state index contributed by atoms with van der Waals surface area (Å²) in [7, 11) is 2.65. The van der Waals surface area contributed by atoms with Crippen molar-refractivity contribution >= 4 is 34.2 Å². The Labute approximate surface area is 150 Å². The maximum atomic E-state index is 12.6. The Balaban J connectivity index is 1.91. The van der Waals surface area contributed by atoms with Gasteiger partial charge in [0.2, 0.25) is 5.91 Å². The monoisotopic (exact) mass is 365 g/mol. The van der Waals surface area contributed by atoms with Gasteiger partial charge in [0.05, 0.1) is 25.7 Å². The third-order valence-electron chi connectivity index (χ3n) is 5.12. The van der Waals surface area contributed by atoms with Crippen molar-refractivity contribution in [2.75, 3.05) is 19.5 Å². The molecule has 25 heavy (non-hydrogen) atoms. The molecule has 2 aliphatic carbocycles. The van der Waals surface area contributed by atoms with Crippen molar-refractivity contribution in [3.05, 3.63) is 16.0 Å². The molecule has 0 saturated heterocycles. The predicted molar refractivity (Wildman–Crippen MR) is 93.9 cm³/mol. The summed E-state index contributed by atoms with van der Waals surface area (Å²) in [5.74, 6) is -1.39. The zero-order valence-corrected chi connectivity index (χ0v) is 15.4. The number of fused-ring (bicyclic) bond motifs is 1. The number of anilines is 1. The van der Waals surface area contributed by atoms with Gasteiger partial charge >= 0.3 is 11.9 Å². The second-order valence-corrected chi connectivity index (χ2v) is 7.68. The van der Waals surface area contributed by atoms with E-state index >= 15 is 0 Å². The van der Waals surface area contributed by atoms with E-state index in [1.165, 1.54) is 32.0 Å². The summed E-state index contributed by atoms with van der Waals surface area (Å²) in [6, 6.07) is 0. The van der Waals surface area contributed by atoms with Crippen LogP contribution in [0, 0.1) is 5.92 Å². The molecule has 1 N–H and O–H groups in total. The molecule has 0 spiro atoms. The van der Waals surface area contributed by atoms with Crippen molar-refractivity contribution in [1.82, 2.24) is 0 Å². The molecule has 1 aromatic heterocycles. The van der Waals surface area contributed by atoms with Crippen LogP contribution in [0.15, 0.2) is 0 Å². The van der Waals surface area contributed by atoms with Crippen LogP contribution in [0.5, 0.6) is 0 Å². The molecule has 0 bridgehead atoms. The third-order valence-corrected chi connectivity index (χ3v) is 6.30. The summed E-state index contributed by atoms with van der Waals surface area (Å²) in [5, 5.41) is 3.43. The van der Waals surface area contributed by atoms with E-state index < -0.39 is 11.9 Å². The number of aryl methyl sites for hydroxylation is 1. The quantitative estimate of drug-likeness (QED) is 0.828. The summed E-state index contributed by atoms with van der Waals surface area (Å²) in [6.07, 6.45) is 6.38. The molecule has 1 fully saturated rings. The van der Waals surface area contributed by atoms with Gasteiger partial charge < -0.3 is 14.8 Å². The number of carbonyl (C=O) groups excluding carboxylic acids is 3. The van der Waals surface area contributed by atoms with E-state index in [0.29, 0.717) is 29.0 Å². The van der Waals surface area contributed by atoms with Gasteiger partial charge in [0.25, 0.3) is 0 Å². The maximum Gasteiger partial charge on any atom is 0.341 e. The highest BCUT2D eigenvalue weighted by molar-refractivity contribution is 7.17. The van der Waals surface area contributed by atoms with Gasteiger partial charge in [-0.3, -0.25) is 9.59 Å². The average Bonchev–Trinajstić information content (AvgIpc) is 3.19. The van der Waals surface area contributed by atoms with Gasteiger partial charge in [-0.1, -0.05) is 19.3 Å².